The minimum atomic E-state index is 0.480. The highest BCUT2D eigenvalue weighted by Gasteiger charge is 2.23. The van der Waals surface area contributed by atoms with E-state index in [1.807, 2.05) is 6.20 Å². The molecule has 3 rings (SSSR count). The molecule has 0 saturated carbocycles. The van der Waals surface area contributed by atoms with Crippen LogP contribution < -0.4 is 5.32 Å². The van der Waals surface area contributed by atoms with Crippen molar-refractivity contribution >= 4 is 0 Å². The predicted octanol–water partition coefficient (Wildman–Crippen LogP) is 3.17. The Morgan fingerprint density at radius 1 is 1.32 bits per heavy atom. The monoisotopic (exact) mass is 255 g/mol. The maximum absolute atomic E-state index is 4.61. The third-order valence-electron chi connectivity index (χ3n) is 3.91. The van der Waals surface area contributed by atoms with Crippen LogP contribution in [0.5, 0.6) is 0 Å². The van der Waals surface area contributed by atoms with Gasteiger partial charge >= 0.3 is 0 Å². The van der Waals surface area contributed by atoms with Gasteiger partial charge in [0.05, 0.1) is 11.9 Å². The molecule has 2 aromatic rings. The lowest BCUT2D eigenvalue weighted by atomic mass is 9.93. The Labute approximate surface area is 114 Å². The highest BCUT2D eigenvalue weighted by atomic mass is 15.3. The van der Waals surface area contributed by atoms with Crippen LogP contribution in [0.2, 0.25) is 0 Å². The first-order valence-electron chi connectivity index (χ1n) is 7.17. The van der Waals surface area contributed by atoms with Gasteiger partial charge in [0, 0.05) is 17.3 Å². The highest BCUT2D eigenvalue weighted by Crippen LogP contribution is 2.30. The first kappa shape index (κ1) is 12.4. The molecule has 1 aromatic carbocycles. The van der Waals surface area contributed by atoms with E-state index < -0.39 is 0 Å². The van der Waals surface area contributed by atoms with Gasteiger partial charge in [-0.3, -0.25) is 0 Å². The first-order valence-corrected chi connectivity index (χ1v) is 7.17. The third-order valence-corrected chi connectivity index (χ3v) is 3.91. The summed E-state index contributed by atoms with van der Waals surface area (Å²) in [7, 11) is 0. The van der Waals surface area contributed by atoms with E-state index in [0.29, 0.717) is 6.04 Å². The third kappa shape index (κ3) is 2.30. The number of nitrogens with zero attached hydrogens (tertiary/aromatic N) is 2. The SMILES string of the molecule is CCNC1CCCc2c1cnn2-c1ccc(C)cc1. The zero-order chi connectivity index (χ0) is 13.2. The first-order chi connectivity index (χ1) is 9.29. The van der Waals surface area contributed by atoms with E-state index >= 15 is 0 Å². The van der Waals surface area contributed by atoms with Crippen molar-refractivity contribution in [2.75, 3.05) is 6.54 Å². The standard InChI is InChI=1S/C16H21N3/c1-3-17-15-5-4-6-16-14(15)11-18-19(16)13-9-7-12(2)8-10-13/h7-11,15,17H,3-6H2,1-2H3. The normalized spacial score (nSPS) is 18.3. The molecule has 1 atom stereocenters. The number of benzene rings is 1. The van der Waals surface area contributed by atoms with Crippen LogP contribution in [0.1, 0.15) is 42.6 Å². The fraction of sp³-hybridized carbons (Fsp3) is 0.438. The van der Waals surface area contributed by atoms with Crippen molar-refractivity contribution in [3.05, 3.63) is 47.3 Å². The summed E-state index contributed by atoms with van der Waals surface area (Å²) in [6.07, 6.45) is 5.63. The molecule has 3 heteroatoms. The van der Waals surface area contributed by atoms with Gasteiger partial charge < -0.3 is 5.32 Å². The van der Waals surface area contributed by atoms with Crippen molar-refractivity contribution in [2.24, 2.45) is 0 Å². The highest BCUT2D eigenvalue weighted by molar-refractivity contribution is 5.38. The van der Waals surface area contributed by atoms with Crippen LogP contribution in [0.25, 0.3) is 5.69 Å². The van der Waals surface area contributed by atoms with E-state index in [9.17, 15) is 0 Å². The van der Waals surface area contributed by atoms with Crippen molar-refractivity contribution in [2.45, 2.75) is 39.2 Å². The van der Waals surface area contributed by atoms with Crippen molar-refractivity contribution in [3.8, 4) is 5.69 Å². The van der Waals surface area contributed by atoms with E-state index in [4.69, 9.17) is 0 Å². The Bertz CT molecular complexity index is 554. The lowest BCUT2D eigenvalue weighted by Crippen LogP contribution is -2.24. The van der Waals surface area contributed by atoms with Crippen molar-refractivity contribution < 1.29 is 0 Å². The number of fused-ring (bicyclic) bond motifs is 1. The Balaban J connectivity index is 1.98. The zero-order valence-electron chi connectivity index (χ0n) is 11.7. The Morgan fingerprint density at radius 2 is 2.11 bits per heavy atom. The molecule has 1 N–H and O–H groups in total. The van der Waals surface area contributed by atoms with E-state index in [-0.39, 0.29) is 0 Å². The van der Waals surface area contributed by atoms with Gasteiger partial charge in [-0.25, -0.2) is 4.68 Å². The van der Waals surface area contributed by atoms with Crippen LogP contribution in [-0.2, 0) is 6.42 Å². The van der Waals surface area contributed by atoms with Gasteiger partial charge in [-0.15, -0.1) is 0 Å². The smallest absolute Gasteiger partial charge is 0.0649 e. The number of hydrogen-bond donors (Lipinski definition) is 1. The van der Waals surface area contributed by atoms with Gasteiger partial charge in [0.15, 0.2) is 0 Å². The molecule has 1 heterocycles. The van der Waals surface area contributed by atoms with Crippen molar-refractivity contribution in [1.29, 1.82) is 0 Å². The zero-order valence-corrected chi connectivity index (χ0v) is 11.7. The van der Waals surface area contributed by atoms with Crippen LogP contribution in [0, 0.1) is 6.92 Å². The number of aromatic nitrogens is 2. The number of nitrogens with one attached hydrogen (secondary N) is 1. The van der Waals surface area contributed by atoms with Crippen LogP contribution in [0.15, 0.2) is 30.5 Å². The summed E-state index contributed by atoms with van der Waals surface area (Å²) in [5.41, 5.74) is 5.22. The van der Waals surface area contributed by atoms with E-state index in [1.54, 1.807) is 0 Å². The molecule has 3 nitrogen and oxygen atoms in total. The molecule has 1 aromatic heterocycles. The summed E-state index contributed by atoms with van der Waals surface area (Å²) in [4.78, 5) is 0. The Hall–Kier alpha value is -1.61. The second-order valence-electron chi connectivity index (χ2n) is 5.30. The maximum Gasteiger partial charge on any atom is 0.0649 e. The van der Waals surface area contributed by atoms with E-state index in [2.05, 4.69) is 53.2 Å². The lowest BCUT2D eigenvalue weighted by Gasteiger charge is -2.23. The molecule has 1 aliphatic rings. The van der Waals surface area contributed by atoms with Crippen LogP contribution in [0.4, 0.5) is 0 Å². The van der Waals surface area contributed by atoms with Gasteiger partial charge in [0.2, 0.25) is 0 Å². The summed E-state index contributed by atoms with van der Waals surface area (Å²) in [5.74, 6) is 0. The topological polar surface area (TPSA) is 29.9 Å². The summed E-state index contributed by atoms with van der Waals surface area (Å²) in [6, 6.07) is 9.08. The summed E-state index contributed by atoms with van der Waals surface area (Å²) < 4.78 is 2.11. The molecular weight excluding hydrogens is 234 g/mol. The van der Waals surface area contributed by atoms with Gasteiger partial charge in [0.25, 0.3) is 0 Å². The molecule has 0 saturated heterocycles. The summed E-state index contributed by atoms with van der Waals surface area (Å²) >= 11 is 0. The second-order valence-corrected chi connectivity index (χ2v) is 5.30. The average molecular weight is 255 g/mol. The number of aryl methyl sites for hydroxylation is 1. The molecule has 0 bridgehead atoms. The molecule has 1 unspecified atom stereocenters. The summed E-state index contributed by atoms with van der Waals surface area (Å²) in [5, 5.41) is 8.17. The molecule has 0 fully saturated rings. The fourth-order valence-electron chi connectivity index (χ4n) is 2.92. The molecule has 0 aliphatic heterocycles. The molecule has 0 radical (unpaired) electrons. The molecular formula is C16H21N3. The van der Waals surface area contributed by atoms with Crippen molar-refractivity contribution in [3.63, 3.8) is 0 Å². The second kappa shape index (κ2) is 5.17. The lowest BCUT2D eigenvalue weighted by molar-refractivity contribution is 0.467. The molecule has 0 amide bonds. The minimum Gasteiger partial charge on any atom is -0.310 e. The van der Waals surface area contributed by atoms with Crippen LogP contribution >= 0.6 is 0 Å². The maximum atomic E-state index is 4.61. The molecule has 0 spiro atoms. The predicted molar refractivity (Wildman–Crippen MR) is 77.7 cm³/mol. The molecule has 19 heavy (non-hydrogen) atoms. The van der Waals surface area contributed by atoms with Gasteiger partial charge in [-0.2, -0.15) is 5.10 Å². The summed E-state index contributed by atoms with van der Waals surface area (Å²) in [6.45, 7) is 5.29. The molecule has 1 aliphatic carbocycles. The molecule has 100 valence electrons. The Morgan fingerprint density at radius 3 is 2.84 bits per heavy atom. The average Bonchev–Trinajstić information content (AvgIpc) is 2.85. The van der Waals surface area contributed by atoms with E-state index in [0.717, 1.165) is 13.0 Å². The van der Waals surface area contributed by atoms with Gasteiger partial charge in [0.1, 0.15) is 0 Å². The largest absolute Gasteiger partial charge is 0.310 e. The fourth-order valence-corrected chi connectivity index (χ4v) is 2.92. The van der Waals surface area contributed by atoms with E-state index in [1.165, 1.54) is 35.3 Å². The van der Waals surface area contributed by atoms with Crippen LogP contribution in [0.3, 0.4) is 0 Å². The van der Waals surface area contributed by atoms with Crippen molar-refractivity contribution in [1.82, 2.24) is 15.1 Å². The van der Waals surface area contributed by atoms with Gasteiger partial charge in [-0.1, -0.05) is 24.6 Å². The van der Waals surface area contributed by atoms with Crippen LogP contribution in [-0.4, -0.2) is 16.3 Å². The minimum absolute atomic E-state index is 0.480. The Kier molecular flexibility index (Phi) is 3.38. The quantitative estimate of drug-likeness (QED) is 0.913. The number of hydrogen-bond acceptors (Lipinski definition) is 2. The number of rotatable bonds is 3. The van der Waals surface area contributed by atoms with Gasteiger partial charge in [-0.05, 0) is 44.9 Å².